The van der Waals surface area contributed by atoms with Crippen molar-refractivity contribution in [3.63, 3.8) is 0 Å². The number of hydrogen-bond acceptors (Lipinski definition) is 5. The molecule has 2 aromatic heterocycles. The van der Waals surface area contributed by atoms with Crippen LogP contribution in [0, 0.1) is 0 Å². The second-order valence-electron chi connectivity index (χ2n) is 4.83. The Labute approximate surface area is 125 Å². The van der Waals surface area contributed by atoms with Gasteiger partial charge in [0.2, 0.25) is 0 Å². The van der Waals surface area contributed by atoms with Gasteiger partial charge in [-0.15, -0.1) is 5.10 Å². The zero-order valence-corrected chi connectivity index (χ0v) is 12.7. The van der Waals surface area contributed by atoms with E-state index >= 15 is 0 Å². The summed E-state index contributed by atoms with van der Waals surface area (Å²) in [5, 5.41) is 6.89. The van der Waals surface area contributed by atoms with E-state index in [-0.39, 0.29) is 11.3 Å². The lowest BCUT2D eigenvalue weighted by atomic mass is 10.3. The molecule has 0 aliphatic heterocycles. The largest absolute Gasteiger partial charge is 0.318 e. The molecule has 0 aromatic carbocycles. The Bertz CT molecular complexity index is 842. The van der Waals surface area contributed by atoms with Crippen LogP contribution in [0.1, 0.15) is 23.4 Å². The highest BCUT2D eigenvalue weighted by molar-refractivity contribution is 7.89. The Morgan fingerprint density at radius 3 is 2.59 bits per heavy atom. The number of aromatic nitrogens is 4. The van der Waals surface area contributed by atoms with E-state index in [1.165, 1.54) is 30.9 Å². The fraction of sp³-hybridized carbons (Fsp3) is 0.417. The van der Waals surface area contributed by atoms with E-state index in [0.29, 0.717) is 0 Å². The van der Waals surface area contributed by atoms with Crippen molar-refractivity contribution in [1.82, 2.24) is 19.6 Å². The summed E-state index contributed by atoms with van der Waals surface area (Å²) in [7, 11) is -1.07. The molecule has 0 N–H and O–H groups in total. The van der Waals surface area contributed by atoms with Crippen LogP contribution >= 0.6 is 0 Å². The second kappa shape index (κ2) is 5.95. The van der Waals surface area contributed by atoms with Crippen molar-refractivity contribution in [2.75, 3.05) is 0 Å². The number of aryl methyl sites for hydroxylation is 2. The molecule has 0 aliphatic carbocycles. The molecule has 2 heterocycles. The van der Waals surface area contributed by atoms with E-state index in [1.807, 2.05) is 0 Å². The number of alkyl halides is 2. The molecule has 2 aromatic rings. The first-order valence-electron chi connectivity index (χ1n) is 6.23. The summed E-state index contributed by atoms with van der Waals surface area (Å²) in [4.78, 5) is 11.8. The van der Waals surface area contributed by atoms with Crippen molar-refractivity contribution >= 4 is 9.84 Å². The maximum atomic E-state index is 12.9. The van der Waals surface area contributed by atoms with E-state index in [1.54, 1.807) is 6.07 Å². The maximum Gasteiger partial charge on any atom is 0.281 e. The van der Waals surface area contributed by atoms with Crippen molar-refractivity contribution < 1.29 is 17.2 Å². The molecular weight excluding hydrogens is 318 g/mol. The van der Waals surface area contributed by atoms with Crippen LogP contribution in [0.4, 0.5) is 8.78 Å². The van der Waals surface area contributed by atoms with Crippen LogP contribution in [0.25, 0.3) is 0 Å². The van der Waals surface area contributed by atoms with E-state index in [9.17, 15) is 22.0 Å². The Balaban J connectivity index is 2.29. The summed E-state index contributed by atoms with van der Waals surface area (Å²) < 4.78 is 52.2. The van der Waals surface area contributed by atoms with Crippen LogP contribution in [0.5, 0.6) is 0 Å². The molecule has 0 unspecified atom stereocenters. The fourth-order valence-corrected chi connectivity index (χ4v) is 3.45. The highest BCUT2D eigenvalue weighted by Gasteiger charge is 2.25. The first-order chi connectivity index (χ1) is 10.2. The fourth-order valence-electron chi connectivity index (χ4n) is 2.04. The lowest BCUT2D eigenvalue weighted by molar-refractivity contribution is 0.140. The standard InChI is InChI=1S/C12H14F2N4O3S/c1-17-5-3-4-8(12(17)19)6-22(20,21)7-9-10(11(13)14)18(2)16-15-9/h3-5,11H,6-7H2,1-2H3. The van der Waals surface area contributed by atoms with E-state index < -0.39 is 39.0 Å². The number of halogens is 2. The predicted molar refractivity (Wildman–Crippen MR) is 74.0 cm³/mol. The minimum absolute atomic E-state index is 0.0764. The van der Waals surface area contributed by atoms with Gasteiger partial charge in [-0.3, -0.25) is 4.79 Å². The SMILES string of the molecule is Cn1nnc(CS(=O)(=O)Cc2cccn(C)c2=O)c1C(F)F. The third-order valence-corrected chi connectivity index (χ3v) is 4.55. The topological polar surface area (TPSA) is 86.8 Å². The average Bonchev–Trinajstić information content (AvgIpc) is 2.75. The molecule has 0 bridgehead atoms. The molecule has 120 valence electrons. The molecule has 0 spiro atoms. The molecule has 10 heteroatoms. The third-order valence-electron chi connectivity index (χ3n) is 3.08. The van der Waals surface area contributed by atoms with Gasteiger partial charge in [0.15, 0.2) is 9.84 Å². The smallest absolute Gasteiger partial charge is 0.281 e. The third kappa shape index (κ3) is 3.38. The second-order valence-corrected chi connectivity index (χ2v) is 6.89. The van der Waals surface area contributed by atoms with Crippen molar-refractivity contribution in [2.24, 2.45) is 14.1 Å². The lowest BCUT2D eigenvalue weighted by Gasteiger charge is -2.06. The van der Waals surface area contributed by atoms with Crippen molar-refractivity contribution in [3.8, 4) is 0 Å². The van der Waals surface area contributed by atoms with Crippen molar-refractivity contribution in [3.05, 3.63) is 45.6 Å². The normalized spacial score (nSPS) is 12.0. The van der Waals surface area contributed by atoms with E-state index in [4.69, 9.17) is 0 Å². The van der Waals surface area contributed by atoms with Crippen LogP contribution in [-0.4, -0.2) is 28.0 Å². The molecule has 0 radical (unpaired) electrons. The number of hydrogen-bond donors (Lipinski definition) is 0. The van der Waals surface area contributed by atoms with Crippen LogP contribution in [0.3, 0.4) is 0 Å². The number of rotatable bonds is 5. The summed E-state index contributed by atoms with van der Waals surface area (Å²) in [5.41, 5.74) is -1.21. The first kappa shape index (κ1) is 16.3. The van der Waals surface area contributed by atoms with Crippen LogP contribution in [0.15, 0.2) is 23.1 Å². The average molecular weight is 332 g/mol. The van der Waals surface area contributed by atoms with E-state index in [0.717, 1.165) is 4.68 Å². The summed E-state index contributed by atoms with van der Waals surface area (Å²) in [6, 6.07) is 2.93. The summed E-state index contributed by atoms with van der Waals surface area (Å²) in [6.45, 7) is 0. The molecule has 0 saturated heterocycles. The molecule has 0 aliphatic rings. The Hall–Kier alpha value is -2.10. The van der Waals surface area contributed by atoms with Gasteiger partial charge in [0, 0.05) is 25.9 Å². The highest BCUT2D eigenvalue weighted by atomic mass is 32.2. The Kier molecular flexibility index (Phi) is 4.40. The Morgan fingerprint density at radius 2 is 1.95 bits per heavy atom. The number of pyridine rings is 1. The highest BCUT2D eigenvalue weighted by Crippen LogP contribution is 2.22. The van der Waals surface area contributed by atoms with Gasteiger partial charge in [0.1, 0.15) is 11.4 Å². The first-order valence-corrected chi connectivity index (χ1v) is 8.05. The predicted octanol–water partition coefficient (Wildman–Crippen LogP) is 0.566. The van der Waals surface area contributed by atoms with Gasteiger partial charge in [-0.05, 0) is 6.07 Å². The molecule has 0 atom stereocenters. The molecule has 0 saturated carbocycles. The molecule has 0 amide bonds. The molecule has 0 fully saturated rings. The zero-order chi connectivity index (χ0) is 16.5. The number of nitrogens with zero attached hydrogens (tertiary/aromatic N) is 4. The van der Waals surface area contributed by atoms with Crippen LogP contribution in [0.2, 0.25) is 0 Å². The maximum absolute atomic E-state index is 12.9. The van der Waals surface area contributed by atoms with Gasteiger partial charge in [-0.1, -0.05) is 11.3 Å². The number of sulfone groups is 1. The minimum Gasteiger partial charge on any atom is -0.318 e. The van der Waals surface area contributed by atoms with Crippen molar-refractivity contribution in [2.45, 2.75) is 17.9 Å². The lowest BCUT2D eigenvalue weighted by Crippen LogP contribution is -2.23. The minimum atomic E-state index is -3.83. The molecule has 7 nitrogen and oxygen atoms in total. The summed E-state index contributed by atoms with van der Waals surface area (Å²) in [6.07, 6.45) is -1.38. The van der Waals surface area contributed by atoms with Gasteiger partial charge >= 0.3 is 0 Å². The van der Waals surface area contributed by atoms with Crippen LogP contribution < -0.4 is 5.56 Å². The van der Waals surface area contributed by atoms with Crippen LogP contribution in [-0.2, 0) is 35.4 Å². The molecule has 22 heavy (non-hydrogen) atoms. The van der Waals surface area contributed by atoms with Gasteiger partial charge in [0.25, 0.3) is 12.0 Å². The zero-order valence-electron chi connectivity index (χ0n) is 11.9. The van der Waals surface area contributed by atoms with Gasteiger partial charge in [0.05, 0.1) is 11.5 Å². The van der Waals surface area contributed by atoms with Gasteiger partial charge in [-0.2, -0.15) is 0 Å². The van der Waals surface area contributed by atoms with E-state index in [2.05, 4.69) is 10.3 Å². The van der Waals surface area contributed by atoms with Crippen molar-refractivity contribution in [1.29, 1.82) is 0 Å². The molecule has 2 rings (SSSR count). The molecular formula is C12H14F2N4O3S. The summed E-state index contributed by atoms with van der Waals surface area (Å²) in [5.74, 6) is -1.24. The monoisotopic (exact) mass is 332 g/mol. The summed E-state index contributed by atoms with van der Waals surface area (Å²) >= 11 is 0. The van der Waals surface area contributed by atoms with Gasteiger partial charge < -0.3 is 4.57 Å². The quantitative estimate of drug-likeness (QED) is 0.799. The Morgan fingerprint density at radius 1 is 1.27 bits per heavy atom. The van der Waals surface area contributed by atoms with Gasteiger partial charge in [-0.25, -0.2) is 21.9 Å².